The Balaban J connectivity index is 2.75. The monoisotopic (exact) mass is 262 g/mol. The van der Waals surface area contributed by atoms with E-state index < -0.39 is 6.10 Å². The third-order valence-electron chi connectivity index (χ3n) is 3.09. The van der Waals surface area contributed by atoms with Crippen LogP contribution in [-0.4, -0.2) is 30.5 Å². The summed E-state index contributed by atoms with van der Waals surface area (Å²) in [5, 5.41) is 21.1. The third kappa shape index (κ3) is 2.58. The van der Waals surface area contributed by atoms with Gasteiger partial charge in [-0.1, -0.05) is 6.07 Å². The summed E-state index contributed by atoms with van der Waals surface area (Å²) in [7, 11) is 3.13. The maximum atomic E-state index is 10.0. The van der Waals surface area contributed by atoms with E-state index in [1.165, 1.54) is 0 Å². The van der Waals surface area contributed by atoms with Gasteiger partial charge in [-0.05, 0) is 36.4 Å². The molecule has 2 rings (SSSR count). The summed E-state index contributed by atoms with van der Waals surface area (Å²) in [6.45, 7) is 1.73. The average Bonchev–Trinajstić information content (AvgIpc) is 2.40. The van der Waals surface area contributed by atoms with Crippen LogP contribution in [0.1, 0.15) is 12.5 Å². The highest BCUT2D eigenvalue weighted by molar-refractivity contribution is 5.97. The van der Waals surface area contributed by atoms with Crippen molar-refractivity contribution in [3.05, 3.63) is 29.8 Å². The van der Waals surface area contributed by atoms with Crippen LogP contribution < -0.4 is 9.47 Å². The van der Waals surface area contributed by atoms with Crippen molar-refractivity contribution >= 4 is 10.8 Å². The highest BCUT2D eigenvalue weighted by Gasteiger charge is 2.13. The van der Waals surface area contributed by atoms with Gasteiger partial charge in [-0.25, -0.2) is 0 Å². The normalized spacial score (nSPS) is 12.4. The van der Waals surface area contributed by atoms with E-state index in [4.69, 9.17) is 9.47 Å². The van der Waals surface area contributed by atoms with Gasteiger partial charge in [0.15, 0.2) is 0 Å². The molecular formula is C15H18O4. The Hall–Kier alpha value is -1.94. The molecule has 1 atom stereocenters. The lowest BCUT2D eigenvalue weighted by Gasteiger charge is -2.14. The molecule has 102 valence electrons. The van der Waals surface area contributed by atoms with Gasteiger partial charge in [0.05, 0.1) is 25.7 Å². The SMILES string of the molecule is COc1cc(OC)c2c(O)ccc(CC(C)O)c2c1. The van der Waals surface area contributed by atoms with Crippen LogP contribution in [0.2, 0.25) is 0 Å². The van der Waals surface area contributed by atoms with Gasteiger partial charge in [0.2, 0.25) is 0 Å². The van der Waals surface area contributed by atoms with Crippen LogP contribution in [0.4, 0.5) is 0 Å². The number of phenolic OH excluding ortho intramolecular Hbond substituents is 1. The van der Waals surface area contributed by atoms with Crippen LogP contribution in [0, 0.1) is 0 Å². The Bertz CT molecular complexity index is 590. The van der Waals surface area contributed by atoms with Gasteiger partial charge in [-0.3, -0.25) is 0 Å². The van der Waals surface area contributed by atoms with Gasteiger partial charge in [-0.2, -0.15) is 0 Å². The molecule has 0 aromatic heterocycles. The second-order valence-electron chi connectivity index (χ2n) is 4.55. The molecule has 0 aliphatic carbocycles. The second kappa shape index (κ2) is 5.36. The molecule has 0 heterocycles. The van der Waals surface area contributed by atoms with Crippen molar-refractivity contribution in [1.29, 1.82) is 0 Å². The zero-order valence-electron chi connectivity index (χ0n) is 11.3. The van der Waals surface area contributed by atoms with Gasteiger partial charge < -0.3 is 19.7 Å². The maximum Gasteiger partial charge on any atom is 0.134 e. The third-order valence-corrected chi connectivity index (χ3v) is 3.09. The molecule has 4 nitrogen and oxygen atoms in total. The number of aliphatic hydroxyl groups excluding tert-OH is 1. The van der Waals surface area contributed by atoms with Crippen LogP contribution in [0.15, 0.2) is 24.3 Å². The Kier molecular flexibility index (Phi) is 3.81. The molecule has 2 aromatic carbocycles. The Morgan fingerprint density at radius 2 is 1.89 bits per heavy atom. The van der Waals surface area contributed by atoms with Crippen molar-refractivity contribution < 1.29 is 19.7 Å². The lowest BCUT2D eigenvalue weighted by atomic mass is 9.98. The number of aliphatic hydroxyl groups is 1. The van der Waals surface area contributed by atoms with Gasteiger partial charge in [0.1, 0.15) is 17.2 Å². The maximum absolute atomic E-state index is 10.0. The number of fused-ring (bicyclic) bond motifs is 1. The standard InChI is InChI=1S/C15H18O4/c1-9(16)6-10-4-5-13(17)15-12(10)7-11(18-2)8-14(15)19-3/h4-5,7-9,16-17H,6H2,1-3H3. The van der Waals surface area contributed by atoms with Crippen LogP contribution >= 0.6 is 0 Å². The van der Waals surface area contributed by atoms with Crippen molar-refractivity contribution in [1.82, 2.24) is 0 Å². The van der Waals surface area contributed by atoms with Crippen molar-refractivity contribution in [3.8, 4) is 17.2 Å². The molecule has 0 aliphatic rings. The van der Waals surface area contributed by atoms with Gasteiger partial charge in [0, 0.05) is 6.07 Å². The summed E-state index contributed by atoms with van der Waals surface area (Å²) in [6.07, 6.45) is 0.0533. The molecule has 19 heavy (non-hydrogen) atoms. The van der Waals surface area contributed by atoms with E-state index in [1.54, 1.807) is 33.3 Å². The highest BCUT2D eigenvalue weighted by Crippen LogP contribution is 2.38. The zero-order chi connectivity index (χ0) is 14.0. The first-order valence-electron chi connectivity index (χ1n) is 6.11. The fourth-order valence-electron chi connectivity index (χ4n) is 2.24. The lowest BCUT2D eigenvalue weighted by Crippen LogP contribution is -2.05. The summed E-state index contributed by atoms with van der Waals surface area (Å²) in [6, 6.07) is 7.00. The topological polar surface area (TPSA) is 58.9 Å². The summed E-state index contributed by atoms with van der Waals surface area (Å²) in [4.78, 5) is 0. The molecule has 0 bridgehead atoms. The fraction of sp³-hybridized carbons (Fsp3) is 0.333. The highest BCUT2D eigenvalue weighted by atomic mass is 16.5. The van der Waals surface area contributed by atoms with E-state index in [1.807, 2.05) is 12.1 Å². The molecule has 0 saturated heterocycles. The number of rotatable bonds is 4. The second-order valence-corrected chi connectivity index (χ2v) is 4.55. The van der Waals surface area contributed by atoms with Crippen LogP contribution in [0.5, 0.6) is 17.2 Å². The Morgan fingerprint density at radius 3 is 2.47 bits per heavy atom. The predicted molar refractivity (Wildman–Crippen MR) is 74.1 cm³/mol. The van der Waals surface area contributed by atoms with Crippen molar-refractivity contribution in [2.45, 2.75) is 19.4 Å². The quantitative estimate of drug-likeness (QED) is 0.888. The number of methoxy groups -OCH3 is 2. The van der Waals surface area contributed by atoms with Crippen molar-refractivity contribution in [2.24, 2.45) is 0 Å². The van der Waals surface area contributed by atoms with E-state index in [0.717, 1.165) is 10.9 Å². The minimum absolute atomic E-state index is 0.156. The Labute approximate surface area is 112 Å². The molecule has 0 fully saturated rings. The van der Waals surface area contributed by atoms with Crippen LogP contribution in [0.3, 0.4) is 0 Å². The summed E-state index contributed by atoms with van der Waals surface area (Å²) in [5.41, 5.74) is 0.944. The molecular weight excluding hydrogens is 244 g/mol. The number of ether oxygens (including phenoxy) is 2. The van der Waals surface area contributed by atoms with E-state index in [-0.39, 0.29) is 5.75 Å². The van der Waals surface area contributed by atoms with Gasteiger partial charge in [0.25, 0.3) is 0 Å². The fourth-order valence-corrected chi connectivity index (χ4v) is 2.24. The molecule has 0 radical (unpaired) electrons. The summed E-state index contributed by atoms with van der Waals surface area (Å²) in [5.74, 6) is 1.37. The summed E-state index contributed by atoms with van der Waals surface area (Å²) >= 11 is 0. The average molecular weight is 262 g/mol. The first kappa shape index (κ1) is 13.5. The number of phenols is 1. The molecule has 2 N–H and O–H groups in total. The van der Waals surface area contributed by atoms with Gasteiger partial charge in [-0.15, -0.1) is 0 Å². The summed E-state index contributed by atoms with van der Waals surface area (Å²) < 4.78 is 10.5. The predicted octanol–water partition coefficient (Wildman–Crippen LogP) is 2.49. The van der Waals surface area contributed by atoms with Crippen molar-refractivity contribution in [3.63, 3.8) is 0 Å². The molecule has 0 spiro atoms. The molecule has 1 unspecified atom stereocenters. The zero-order valence-corrected chi connectivity index (χ0v) is 11.3. The minimum atomic E-state index is -0.454. The van der Waals surface area contributed by atoms with Crippen LogP contribution in [-0.2, 0) is 6.42 Å². The van der Waals surface area contributed by atoms with E-state index in [2.05, 4.69) is 0 Å². The van der Waals surface area contributed by atoms with Gasteiger partial charge >= 0.3 is 0 Å². The molecule has 4 heteroatoms. The minimum Gasteiger partial charge on any atom is -0.507 e. The van der Waals surface area contributed by atoms with E-state index in [9.17, 15) is 10.2 Å². The van der Waals surface area contributed by atoms with Crippen molar-refractivity contribution in [2.75, 3.05) is 14.2 Å². The molecule has 0 saturated carbocycles. The molecule has 0 aliphatic heterocycles. The smallest absolute Gasteiger partial charge is 0.134 e. The number of benzene rings is 2. The lowest BCUT2D eigenvalue weighted by molar-refractivity contribution is 0.196. The molecule has 0 amide bonds. The first-order chi connectivity index (χ1) is 9.06. The Morgan fingerprint density at radius 1 is 1.16 bits per heavy atom. The number of hydrogen-bond donors (Lipinski definition) is 2. The number of aromatic hydroxyl groups is 1. The van der Waals surface area contributed by atoms with E-state index >= 15 is 0 Å². The van der Waals surface area contributed by atoms with E-state index in [0.29, 0.717) is 23.3 Å². The largest absolute Gasteiger partial charge is 0.507 e. The first-order valence-corrected chi connectivity index (χ1v) is 6.11. The number of hydrogen-bond acceptors (Lipinski definition) is 4. The molecule has 2 aromatic rings. The van der Waals surface area contributed by atoms with Crippen LogP contribution in [0.25, 0.3) is 10.8 Å².